The van der Waals surface area contributed by atoms with Crippen LogP contribution in [0.5, 0.6) is 0 Å². The first-order valence-electron chi connectivity index (χ1n) is 8.75. The van der Waals surface area contributed by atoms with Crippen molar-refractivity contribution in [3.8, 4) is 0 Å². The molecule has 0 aliphatic carbocycles. The quantitative estimate of drug-likeness (QED) is 0.788. The Kier molecular flexibility index (Phi) is 6.16. The van der Waals surface area contributed by atoms with Gasteiger partial charge in [-0.05, 0) is 43.2 Å². The second-order valence-electron chi connectivity index (χ2n) is 6.44. The number of nitrogens with zero attached hydrogens (tertiary/aromatic N) is 2. The number of likely N-dealkylation sites (tertiary alicyclic amines) is 1. The number of carbonyl (C=O) groups is 3. The van der Waals surface area contributed by atoms with Gasteiger partial charge >= 0.3 is 12.1 Å². The van der Waals surface area contributed by atoms with Crippen molar-refractivity contribution >= 4 is 29.1 Å². The smallest absolute Gasteiger partial charge is 0.410 e. The minimum absolute atomic E-state index is 0.164. The number of rotatable bonds is 5. The number of hydrogen-bond donors (Lipinski definition) is 1. The van der Waals surface area contributed by atoms with Gasteiger partial charge in [0.05, 0.1) is 0 Å². The molecule has 2 aliphatic rings. The van der Waals surface area contributed by atoms with E-state index in [2.05, 4.69) is 0 Å². The van der Waals surface area contributed by atoms with E-state index < -0.39 is 24.1 Å². The van der Waals surface area contributed by atoms with E-state index in [9.17, 15) is 19.5 Å². The van der Waals surface area contributed by atoms with Gasteiger partial charge in [0.15, 0.2) is 0 Å². The van der Waals surface area contributed by atoms with E-state index in [1.165, 1.54) is 4.90 Å². The van der Waals surface area contributed by atoms with E-state index in [0.29, 0.717) is 25.9 Å². The molecule has 2 aliphatic heterocycles. The predicted octanol–water partition coefficient (Wildman–Crippen LogP) is 2.51. The summed E-state index contributed by atoms with van der Waals surface area (Å²) in [5.74, 6) is -0.909. The molecule has 2 saturated heterocycles. The lowest BCUT2D eigenvalue weighted by atomic mass is 10.2. The van der Waals surface area contributed by atoms with E-state index in [4.69, 9.17) is 4.74 Å². The molecule has 1 aromatic carbocycles. The highest BCUT2D eigenvalue weighted by Crippen LogP contribution is 2.30. The van der Waals surface area contributed by atoms with E-state index >= 15 is 0 Å². The molecule has 8 heteroatoms. The van der Waals surface area contributed by atoms with Crippen LogP contribution >= 0.6 is 11.9 Å². The number of carbonyl (C=O) groups excluding carboxylic acids is 2. The molecular formula is C18H22N2O5S. The second-order valence-corrected chi connectivity index (χ2v) is 7.49. The Labute approximate surface area is 156 Å². The van der Waals surface area contributed by atoms with Crippen molar-refractivity contribution in [3.63, 3.8) is 0 Å². The van der Waals surface area contributed by atoms with Crippen LogP contribution < -0.4 is 0 Å². The summed E-state index contributed by atoms with van der Waals surface area (Å²) in [7, 11) is 0. The fourth-order valence-electron chi connectivity index (χ4n) is 3.31. The molecule has 0 aromatic heterocycles. The summed E-state index contributed by atoms with van der Waals surface area (Å²) in [6.07, 6.45) is 2.12. The average Bonchev–Trinajstić information content (AvgIpc) is 3.29. The van der Waals surface area contributed by atoms with Crippen molar-refractivity contribution < 1.29 is 24.2 Å². The first-order chi connectivity index (χ1) is 12.6. The maximum absolute atomic E-state index is 12.6. The topological polar surface area (TPSA) is 87.2 Å². The zero-order valence-electron chi connectivity index (χ0n) is 14.4. The SMILES string of the molecule is O=C(O)[C@@H]1CCCN1SC(=O)[C@@H]1CCCN1C(=O)OCc1ccccc1. The molecule has 26 heavy (non-hydrogen) atoms. The van der Waals surface area contributed by atoms with E-state index in [0.717, 1.165) is 30.4 Å². The minimum atomic E-state index is -0.909. The van der Waals surface area contributed by atoms with Crippen LogP contribution in [0.1, 0.15) is 31.2 Å². The maximum atomic E-state index is 12.6. The standard InChI is InChI=1S/C18H22N2O5S/c21-16(22)14-8-5-11-20(14)26-17(23)15-9-4-10-19(15)18(24)25-12-13-6-2-1-3-7-13/h1-3,6-7,14-15H,4-5,8-12H2,(H,21,22)/t14-,15-/m0/s1. The first-order valence-corrected chi connectivity index (χ1v) is 9.52. The van der Waals surface area contributed by atoms with Crippen LogP contribution in [0.4, 0.5) is 4.79 Å². The highest BCUT2D eigenvalue weighted by atomic mass is 32.2. The molecule has 0 saturated carbocycles. The fourth-order valence-corrected chi connectivity index (χ4v) is 4.45. The molecular weight excluding hydrogens is 356 g/mol. The van der Waals surface area contributed by atoms with Crippen molar-refractivity contribution in [1.82, 2.24) is 9.21 Å². The molecule has 1 aromatic rings. The molecule has 1 amide bonds. The van der Waals surface area contributed by atoms with E-state index in [1.807, 2.05) is 30.3 Å². The second kappa shape index (κ2) is 8.55. The molecule has 2 atom stereocenters. The Bertz CT molecular complexity index is 669. The summed E-state index contributed by atoms with van der Waals surface area (Å²) in [5.41, 5.74) is 0.888. The molecule has 2 fully saturated rings. The van der Waals surface area contributed by atoms with Crippen molar-refractivity contribution in [2.24, 2.45) is 0 Å². The summed E-state index contributed by atoms with van der Waals surface area (Å²) in [5, 5.41) is 9.04. The fraction of sp³-hybridized carbons (Fsp3) is 0.500. The van der Waals surface area contributed by atoms with Gasteiger partial charge in [-0.3, -0.25) is 14.5 Å². The van der Waals surface area contributed by atoms with Crippen LogP contribution in [0.3, 0.4) is 0 Å². The Balaban J connectivity index is 1.56. The van der Waals surface area contributed by atoms with Crippen LogP contribution in [-0.4, -0.2) is 56.7 Å². The third-order valence-corrected chi connectivity index (χ3v) is 5.78. The zero-order chi connectivity index (χ0) is 18.5. The van der Waals surface area contributed by atoms with Gasteiger partial charge in [-0.25, -0.2) is 9.10 Å². The van der Waals surface area contributed by atoms with Gasteiger partial charge in [-0.2, -0.15) is 0 Å². The van der Waals surface area contributed by atoms with E-state index in [1.54, 1.807) is 4.31 Å². The number of benzene rings is 1. The monoisotopic (exact) mass is 378 g/mol. The van der Waals surface area contributed by atoms with Crippen molar-refractivity contribution in [1.29, 1.82) is 0 Å². The lowest BCUT2D eigenvalue weighted by molar-refractivity contribution is -0.140. The summed E-state index contributed by atoms with van der Waals surface area (Å²) >= 11 is 0.941. The van der Waals surface area contributed by atoms with Gasteiger partial charge in [-0.15, -0.1) is 0 Å². The van der Waals surface area contributed by atoms with Crippen molar-refractivity contribution in [2.75, 3.05) is 13.1 Å². The van der Waals surface area contributed by atoms with Gasteiger partial charge in [0.1, 0.15) is 18.7 Å². The molecule has 1 N–H and O–H groups in total. The molecule has 140 valence electrons. The Morgan fingerprint density at radius 2 is 1.77 bits per heavy atom. The van der Waals surface area contributed by atoms with Gasteiger partial charge < -0.3 is 9.84 Å². The van der Waals surface area contributed by atoms with Crippen LogP contribution in [0.15, 0.2) is 30.3 Å². The number of amides is 1. The van der Waals surface area contributed by atoms with Crippen LogP contribution in [0.2, 0.25) is 0 Å². The zero-order valence-corrected chi connectivity index (χ0v) is 15.2. The number of carboxylic acids is 1. The molecule has 3 rings (SSSR count). The summed E-state index contributed by atoms with van der Waals surface area (Å²) in [6, 6.07) is 8.18. The van der Waals surface area contributed by atoms with Gasteiger partial charge in [0.2, 0.25) is 5.12 Å². The number of hydrogen-bond acceptors (Lipinski definition) is 6. The molecule has 0 radical (unpaired) electrons. The maximum Gasteiger partial charge on any atom is 0.410 e. The van der Waals surface area contributed by atoms with E-state index in [-0.39, 0.29) is 11.7 Å². The first kappa shape index (κ1) is 18.7. The molecule has 0 unspecified atom stereocenters. The highest BCUT2D eigenvalue weighted by Gasteiger charge is 2.39. The number of ether oxygens (including phenoxy) is 1. The number of carboxylic acid groups (broad SMARTS) is 1. The lowest BCUT2D eigenvalue weighted by Crippen LogP contribution is -2.41. The van der Waals surface area contributed by atoms with Gasteiger partial charge in [-0.1, -0.05) is 30.3 Å². The molecule has 2 heterocycles. The van der Waals surface area contributed by atoms with Gasteiger partial charge in [0.25, 0.3) is 0 Å². The van der Waals surface area contributed by atoms with Crippen molar-refractivity contribution in [3.05, 3.63) is 35.9 Å². The Morgan fingerprint density at radius 1 is 1.08 bits per heavy atom. The summed E-state index contributed by atoms with van der Waals surface area (Å²) in [4.78, 5) is 37.7. The van der Waals surface area contributed by atoms with Gasteiger partial charge in [0, 0.05) is 13.1 Å². The Morgan fingerprint density at radius 3 is 2.50 bits per heavy atom. The predicted molar refractivity (Wildman–Crippen MR) is 96.3 cm³/mol. The largest absolute Gasteiger partial charge is 0.480 e. The number of aliphatic carboxylic acids is 1. The van der Waals surface area contributed by atoms with Crippen molar-refractivity contribution in [2.45, 2.75) is 44.4 Å². The van der Waals surface area contributed by atoms with Crippen LogP contribution in [0.25, 0.3) is 0 Å². The normalized spacial score (nSPS) is 23.2. The average molecular weight is 378 g/mol. The lowest BCUT2D eigenvalue weighted by Gasteiger charge is -2.25. The molecule has 7 nitrogen and oxygen atoms in total. The molecule has 0 bridgehead atoms. The minimum Gasteiger partial charge on any atom is -0.480 e. The highest BCUT2D eigenvalue weighted by molar-refractivity contribution is 8.11. The summed E-state index contributed by atoms with van der Waals surface area (Å²) in [6.45, 7) is 1.21. The summed E-state index contributed by atoms with van der Waals surface area (Å²) < 4.78 is 6.96. The third kappa shape index (κ3) is 4.37. The van der Waals surface area contributed by atoms with Crippen LogP contribution in [0, 0.1) is 0 Å². The Hall–Kier alpha value is -2.06. The van der Waals surface area contributed by atoms with Crippen LogP contribution in [-0.2, 0) is 20.9 Å². The third-order valence-electron chi connectivity index (χ3n) is 4.66. The molecule has 0 spiro atoms.